The minimum Gasteiger partial charge on any atom is -0.497 e. The van der Waals surface area contributed by atoms with E-state index in [1.54, 1.807) is 19.2 Å². The molecular formula is C21H24FN2O2+. The molecule has 2 aliphatic heterocycles. The van der Waals surface area contributed by atoms with Crippen molar-refractivity contribution in [2.45, 2.75) is 31.4 Å². The summed E-state index contributed by atoms with van der Waals surface area (Å²) in [5.74, 6) is 1.66. The van der Waals surface area contributed by atoms with Crippen molar-refractivity contribution in [2.24, 2.45) is 0 Å². The van der Waals surface area contributed by atoms with Gasteiger partial charge in [-0.3, -0.25) is 0 Å². The highest BCUT2D eigenvalue weighted by Gasteiger charge is 2.51. The molecule has 26 heavy (non-hydrogen) atoms. The molecule has 0 spiro atoms. The molecule has 0 saturated carbocycles. The second-order valence-corrected chi connectivity index (χ2v) is 6.99. The molecule has 0 saturated heterocycles. The van der Waals surface area contributed by atoms with E-state index >= 15 is 0 Å². The number of anilines is 1. The van der Waals surface area contributed by atoms with Crippen molar-refractivity contribution in [3.63, 3.8) is 0 Å². The molecule has 0 fully saturated rings. The van der Waals surface area contributed by atoms with Gasteiger partial charge in [-0.25, -0.2) is 13.9 Å². The van der Waals surface area contributed by atoms with Crippen LogP contribution in [-0.4, -0.2) is 35.7 Å². The van der Waals surface area contributed by atoms with Gasteiger partial charge in [-0.1, -0.05) is 0 Å². The summed E-state index contributed by atoms with van der Waals surface area (Å²) in [6.07, 6.45) is 4.23. The molecule has 2 aliphatic rings. The van der Waals surface area contributed by atoms with Gasteiger partial charge in [0.25, 0.3) is 11.6 Å². The maximum absolute atomic E-state index is 13.4. The SMILES string of the molecule is COc1ccc(N2CC(O)(c3ccc(F)cc3)[N+]3=C2CCCCC3)cc1. The first-order valence-electron chi connectivity index (χ1n) is 9.15. The average Bonchev–Trinajstić information content (AvgIpc) is 2.82. The molecule has 1 N–H and O–H groups in total. The third-order valence-electron chi connectivity index (χ3n) is 5.42. The monoisotopic (exact) mass is 355 g/mol. The molecule has 4 nitrogen and oxygen atoms in total. The van der Waals surface area contributed by atoms with Crippen LogP contribution in [0.4, 0.5) is 10.1 Å². The molecule has 4 rings (SSSR count). The van der Waals surface area contributed by atoms with Gasteiger partial charge in [-0.05, 0) is 67.8 Å². The predicted octanol–water partition coefficient (Wildman–Crippen LogP) is 3.48. The molecule has 5 heteroatoms. The Hall–Kier alpha value is -2.40. The second-order valence-electron chi connectivity index (χ2n) is 6.99. The van der Waals surface area contributed by atoms with Gasteiger partial charge in [0.15, 0.2) is 6.54 Å². The van der Waals surface area contributed by atoms with Gasteiger partial charge in [0.05, 0.1) is 13.7 Å². The summed E-state index contributed by atoms with van der Waals surface area (Å²) in [5.41, 5.74) is 0.618. The number of β-amino-alcohol motifs (C(OH)–C–C–N with tert-alkyl or cyclic N) is 1. The van der Waals surface area contributed by atoms with Crippen molar-refractivity contribution in [1.29, 1.82) is 0 Å². The minimum absolute atomic E-state index is 0.289. The van der Waals surface area contributed by atoms with E-state index in [0.29, 0.717) is 6.54 Å². The Bertz CT molecular complexity index is 817. The molecule has 1 unspecified atom stereocenters. The van der Waals surface area contributed by atoms with Crippen LogP contribution in [0.1, 0.15) is 31.2 Å². The summed E-state index contributed by atoms with van der Waals surface area (Å²) >= 11 is 0. The van der Waals surface area contributed by atoms with Gasteiger partial charge in [-0.2, -0.15) is 0 Å². The third kappa shape index (κ3) is 2.86. The number of methoxy groups -OCH3 is 1. The normalized spacial score (nSPS) is 23.0. The smallest absolute Gasteiger partial charge is 0.271 e. The molecule has 2 aromatic rings. The van der Waals surface area contributed by atoms with Crippen LogP contribution in [0.15, 0.2) is 48.5 Å². The van der Waals surface area contributed by atoms with E-state index in [-0.39, 0.29) is 5.82 Å². The van der Waals surface area contributed by atoms with Crippen molar-refractivity contribution in [1.82, 2.24) is 0 Å². The van der Waals surface area contributed by atoms with E-state index in [4.69, 9.17) is 4.74 Å². The van der Waals surface area contributed by atoms with Crippen LogP contribution >= 0.6 is 0 Å². The van der Waals surface area contributed by atoms with Gasteiger partial charge in [0, 0.05) is 12.0 Å². The molecule has 0 aliphatic carbocycles. The molecule has 1 atom stereocenters. The van der Waals surface area contributed by atoms with Crippen LogP contribution in [-0.2, 0) is 5.72 Å². The molecule has 2 aromatic carbocycles. The van der Waals surface area contributed by atoms with Crippen LogP contribution in [0, 0.1) is 5.82 Å². The largest absolute Gasteiger partial charge is 0.497 e. The predicted molar refractivity (Wildman–Crippen MR) is 99.2 cm³/mol. The van der Waals surface area contributed by atoms with Crippen molar-refractivity contribution >= 4 is 11.5 Å². The zero-order valence-corrected chi connectivity index (χ0v) is 15.0. The molecule has 136 valence electrons. The highest BCUT2D eigenvalue weighted by molar-refractivity contribution is 5.96. The number of halogens is 1. The Kier molecular flexibility index (Phi) is 4.41. The number of hydrogen-bond acceptors (Lipinski definition) is 3. The average molecular weight is 355 g/mol. The highest BCUT2D eigenvalue weighted by Crippen LogP contribution is 2.35. The first-order chi connectivity index (χ1) is 12.6. The van der Waals surface area contributed by atoms with Gasteiger partial charge in [0.1, 0.15) is 17.3 Å². The van der Waals surface area contributed by atoms with Crippen LogP contribution < -0.4 is 9.64 Å². The number of benzene rings is 2. The summed E-state index contributed by atoms with van der Waals surface area (Å²) in [5, 5.41) is 11.6. The van der Waals surface area contributed by atoms with Crippen LogP contribution in [0.2, 0.25) is 0 Å². The second kappa shape index (κ2) is 6.72. The maximum Gasteiger partial charge on any atom is 0.271 e. The fourth-order valence-corrected chi connectivity index (χ4v) is 4.04. The van der Waals surface area contributed by atoms with E-state index in [0.717, 1.165) is 55.1 Å². The van der Waals surface area contributed by atoms with E-state index in [1.807, 2.05) is 24.3 Å². The number of nitrogens with zero attached hydrogens (tertiary/aromatic N) is 2. The van der Waals surface area contributed by atoms with Crippen molar-refractivity contribution in [2.75, 3.05) is 25.1 Å². The van der Waals surface area contributed by atoms with E-state index < -0.39 is 5.72 Å². The lowest BCUT2D eigenvalue weighted by atomic mass is 10.0. The van der Waals surface area contributed by atoms with Gasteiger partial charge in [-0.15, -0.1) is 0 Å². The Labute approximate surface area is 153 Å². The van der Waals surface area contributed by atoms with Crippen molar-refractivity contribution < 1.29 is 18.8 Å². The van der Waals surface area contributed by atoms with Crippen LogP contribution in [0.25, 0.3) is 0 Å². The van der Waals surface area contributed by atoms with Gasteiger partial charge in [0.2, 0.25) is 0 Å². The standard InChI is InChI=1S/C21H24FN2O2/c1-26-19-12-10-18(11-13-19)23-15-21(25,16-6-8-17(22)9-7-16)24-14-4-2-3-5-20(23)24/h6-13,25H,2-5,14-15H2,1H3/q+1. The fraction of sp³-hybridized carbons (Fsp3) is 0.381. The van der Waals surface area contributed by atoms with E-state index in [2.05, 4.69) is 9.48 Å². The Morgan fingerprint density at radius 3 is 2.46 bits per heavy atom. The Morgan fingerprint density at radius 1 is 1.04 bits per heavy atom. The number of amidine groups is 1. The van der Waals surface area contributed by atoms with Crippen LogP contribution in [0.3, 0.4) is 0 Å². The molecular weight excluding hydrogens is 331 g/mol. The molecule has 0 bridgehead atoms. The van der Waals surface area contributed by atoms with Crippen molar-refractivity contribution in [3.05, 3.63) is 59.9 Å². The number of hydrogen-bond donors (Lipinski definition) is 1. The maximum atomic E-state index is 13.4. The molecule has 2 heterocycles. The first kappa shape index (κ1) is 17.0. The third-order valence-corrected chi connectivity index (χ3v) is 5.42. The Balaban J connectivity index is 1.77. The van der Waals surface area contributed by atoms with Crippen LogP contribution in [0.5, 0.6) is 5.75 Å². The summed E-state index contributed by atoms with van der Waals surface area (Å²) in [4.78, 5) is 2.19. The summed E-state index contributed by atoms with van der Waals surface area (Å²) in [7, 11) is 1.65. The number of aliphatic hydroxyl groups is 1. The fourth-order valence-electron chi connectivity index (χ4n) is 4.04. The number of ether oxygens (including phenoxy) is 1. The topological polar surface area (TPSA) is 35.7 Å². The lowest BCUT2D eigenvalue weighted by Crippen LogP contribution is -2.41. The lowest BCUT2D eigenvalue weighted by molar-refractivity contribution is -0.658. The number of rotatable bonds is 3. The van der Waals surface area contributed by atoms with Gasteiger partial charge >= 0.3 is 0 Å². The Morgan fingerprint density at radius 2 is 1.77 bits per heavy atom. The molecule has 0 amide bonds. The lowest BCUT2D eigenvalue weighted by Gasteiger charge is -2.23. The minimum atomic E-state index is -1.15. The molecule has 0 aromatic heterocycles. The summed E-state index contributed by atoms with van der Waals surface area (Å²) in [6.45, 7) is 1.23. The molecule has 0 radical (unpaired) electrons. The van der Waals surface area contributed by atoms with E-state index in [1.165, 1.54) is 12.1 Å². The van der Waals surface area contributed by atoms with Gasteiger partial charge < -0.3 is 9.84 Å². The van der Waals surface area contributed by atoms with E-state index in [9.17, 15) is 9.50 Å². The zero-order valence-electron chi connectivity index (χ0n) is 15.0. The zero-order chi connectivity index (χ0) is 18.1. The highest BCUT2D eigenvalue weighted by atomic mass is 19.1. The van der Waals surface area contributed by atoms with Crippen molar-refractivity contribution in [3.8, 4) is 5.75 Å². The first-order valence-corrected chi connectivity index (χ1v) is 9.15. The summed E-state index contributed by atoms with van der Waals surface area (Å²) in [6, 6.07) is 14.1. The summed E-state index contributed by atoms with van der Waals surface area (Å²) < 4.78 is 20.8. The quantitative estimate of drug-likeness (QED) is 0.856.